The lowest BCUT2D eigenvalue weighted by Crippen LogP contribution is -2.41. The summed E-state index contributed by atoms with van der Waals surface area (Å²) in [5.41, 5.74) is 2.38. The molecule has 1 amide bonds. The Morgan fingerprint density at radius 2 is 1.89 bits per heavy atom. The normalized spacial score (nSPS) is 16.2. The van der Waals surface area contributed by atoms with Crippen LogP contribution in [0.15, 0.2) is 48.5 Å². The zero-order chi connectivity index (χ0) is 19.4. The zero-order valence-corrected chi connectivity index (χ0v) is 16.6. The molecule has 0 aliphatic carbocycles. The lowest BCUT2D eigenvalue weighted by molar-refractivity contribution is -0.147. The minimum absolute atomic E-state index is 0.306. The smallest absolute Gasteiger partial charge is 0.408 e. The van der Waals surface area contributed by atoms with Crippen LogP contribution in [0.5, 0.6) is 0 Å². The number of ketones is 1. The number of esters is 1. The summed E-state index contributed by atoms with van der Waals surface area (Å²) in [4.78, 5) is 36.8. The summed E-state index contributed by atoms with van der Waals surface area (Å²) < 4.78 is 6.11. The average molecular weight is 479 g/mol. The molecule has 0 bridgehead atoms. The van der Waals surface area contributed by atoms with Gasteiger partial charge in [-0.25, -0.2) is 9.59 Å². The second-order valence-electron chi connectivity index (χ2n) is 6.23. The Labute approximate surface area is 170 Å². The van der Waals surface area contributed by atoms with E-state index in [9.17, 15) is 14.4 Å². The Kier molecular flexibility index (Phi) is 6.10. The van der Waals surface area contributed by atoms with Crippen LogP contribution >= 0.6 is 22.6 Å². The van der Waals surface area contributed by atoms with Gasteiger partial charge in [0.1, 0.15) is 6.04 Å². The van der Waals surface area contributed by atoms with E-state index in [4.69, 9.17) is 9.84 Å². The number of ether oxygens (including phenoxy) is 1. The third-order valence-corrected chi connectivity index (χ3v) is 5.43. The van der Waals surface area contributed by atoms with Gasteiger partial charge in [0.25, 0.3) is 0 Å². The molecule has 1 fully saturated rings. The molecular weight excluding hydrogens is 461 g/mol. The van der Waals surface area contributed by atoms with Gasteiger partial charge in [-0.05, 0) is 58.7 Å². The van der Waals surface area contributed by atoms with Crippen molar-refractivity contribution in [3.8, 4) is 11.1 Å². The fourth-order valence-electron chi connectivity index (χ4n) is 3.09. The van der Waals surface area contributed by atoms with Crippen LogP contribution in [-0.4, -0.2) is 47.0 Å². The third-order valence-electron chi connectivity index (χ3n) is 4.49. The van der Waals surface area contributed by atoms with Crippen molar-refractivity contribution in [2.45, 2.75) is 18.9 Å². The summed E-state index contributed by atoms with van der Waals surface area (Å²) in [5, 5.41) is 9.10. The van der Waals surface area contributed by atoms with E-state index in [2.05, 4.69) is 22.6 Å². The van der Waals surface area contributed by atoms with E-state index in [1.807, 2.05) is 36.4 Å². The standard InChI is InChI=1S/C20H18INO5/c21-16-9-8-14(11-15(16)13-5-2-1-3-6-13)18(23)12-27-19(24)17-7-4-10-22(17)20(25)26/h1-3,5-6,8-9,11,17H,4,7,10,12H2,(H,25,26). The Balaban J connectivity index is 1.68. The molecule has 0 aromatic heterocycles. The van der Waals surface area contributed by atoms with Crippen molar-refractivity contribution in [1.29, 1.82) is 0 Å². The van der Waals surface area contributed by atoms with Gasteiger partial charge >= 0.3 is 12.1 Å². The van der Waals surface area contributed by atoms with E-state index in [0.717, 1.165) is 19.6 Å². The number of halogens is 1. The van der Waals surface area contributed by atoms with E-state index in [1.54, 1.807) is 12.1 Å². The van der Waals surface area contributed by atoms with Crippen LogP contribution in [0.1, 0.15) is 23.2 Å². The van der Waals surface area contributed by atoms with Crippen LogP contribution < -0.4 is 0 Å². The van der Waals surface area contributed by atoms with Crippen molar-refractivity contribution in [2.75, 3.05) is 13.2 Å². The maximum Gasteiger partial charge on any atom is 0.408 e. The van der Waals surface area contributed by atoms with Gasteiger partial charge in [-0.2, -0.15) is 0 Å². The van der Waals surface area contributed by atoms with E-state index < -0.39 is 24.7 Å². The summed E-state index contributed by atoms with van der Waals surface area (Å²) in [6, 6.07) is 14.2. The number of rotatable bonds is 5. The first-order valence-corrected chi connectivity index (χ1v) is 9.59. The SMILES string of the molecule is O=C(COC(=O)C1CCCN1C(=O)O)c1ccc(I)c(-c2ccccc2)c1. The van der Waals surface area contributed by atoms with E-state index in [0.29, 0.717) is 24.9 Å². The highest BCUT2D eigenvalue weighted by Gasteiger charge is 2.35. The monoisotopic (exact) mass is 479 g/mol. The zero-order valence-electron chi connectivity index (χ0n) is 14.4. The molecule has 3 rings (SSSR count). The predicted molar refractivity (Wildman–Crippen MR) is 108 cm³/mol. The van der Waals surface area contributed by atoms with Gasteiger partial charge in [0, 0.05) is 15.7 Å². The van der Waals surface area contributed by atoms with E-state index in [1.165, 1.54) is 0 Å². The van der Waals surface area contributed by atoms with Crippen molar-refractivity contribution >= 4 is 40.4 Å². The van der Waals surface area contributed by atoms with Crippen molar-refractivity contribution in [3.05, 3.63) is 57.7 Å². The van der Waals surface area contributed by atoms with Crippen molar-refractivity contribution in [2.24, 2.45) is 0 Å². The van der Waals surface area contributed by atoms with Gasteiger partial charge in [0.15, 0.2) is 12.4 Å². The van der Waals surface area contributed by atoms with Crippen LogP contribution in [0.25, 0.3) is 11.1 Å². The van der Waals surface area contributed by atoms with Gasteiger partial charge in [-0.15, -0.1) is 0 Å². The number of Topliss-reactive ketones (excluding diaryl/α,β-unsaturated/α-hetero) is 1. The number of carboxylic acid groups (broad SMARTS) is 1. The molecule has 0 radical (unpaired) electrons. The molecule has 2 aromatic rings. The fraction of sp³-hybridized carbons (Fsp3) is 0.250. The molecule has 27 heavy (non-hydrogen) atoms. The van der Waals surface area contributed by atoms with E-state index in [-0.39, 0.29) is 5.78 Å². The average Bonchev–Trinajstić information content (AvgIpc) is 3.17. The number of hydrogen-bond donors (Lipinski definition) is 1. The highest BCUT2D eigenvalue weighted by atomic mass is 127. The molecule has 1 saturated heterocycles. The molecule has 6 nitrogen and oxygen atoms in total. The molecule has 1 atom stereocenters. The minimum Gasteiger partial charge on any atom is -0.465 e. The molecule has 140 valence electrons. The van der Waals surface area contributed by atoms with Crippen LogP contribution in [0.4, 0.5) is 4.79 Å². The Hall–Kier alpha value is -2.42. The fourth-order valence-corrected chi connectivity index (χ4v) is 3.74. The molecule has 1 aliphatic rings. The maximum atomic E-state index is 12.5. The molecule has 1 unspecified atom stereocenters. The highest BCUT2D eigenvalue weighted by molar-refractivity contribution is 14.1. The maximum absolute atomic E-state index is 12.5. The van der Waals surface area contributed by atoms with Crippen molar-refractivity contribution in [3.63, 3.8) is 0 Å². The summed E-state index contributed by atoms with van der Waals surface area (Å²) in [6.07, 6.45) is -0.121. The number of nitrogens with zero attached hydrogens (tertiary/aromatic N) is 1. The lowest BCUT2D eigenvalue weighted by atomic mass is 10.0. The lowest BCUT2D eigenvalue weighted by Gasteiger charge is -2.19. The Morgan fingerprint density at radius 3 is 2.59 bits per heavy atom. The largest absolute Gasteiger partial charge is 0.465 e. The van der Waals surface area contributed by atoms with E-state index >= 15 is 0 Å². The van der Waals surface area contributed by atoms with Crippen LogP contribution in [0.3, 0.4) is 0 Å². The number of likely N-dealkylation sites (tertiary alicyclic amines) is 1. The van der Waals surface area contributed by atoms with Gasteiger partial charge in [-0.1, -0.05) is 36.4 Å². The predicted octanol–water partition coefficient (Wildman–Crippen LogP) is 3.83. The molecule has 2 aromatic carbocycles. The molecular formula is C20H18INO5. The topological polar surface area (TPSA) is 83.9 Å². The summed E-state index contributed by atoms with van der Waals surface area (Å²) >= 11 is 2.21. The van der Waals surface area contributed by atoms with Crippen LogP contribution in [0, 0.1) is 3.57 Å². The second-order valence-corrected chi connectivity index (χ2v) is 7.39. The quantitative estimate of drug-likeness (QED) is 0.401. The first kappa shape index (κ1) is 19.3. The molecule has 0 saturated carbocycles. The summed E-state index contributed by atoms with van der Waals surface area (Å²) in [5.74, 6) is -0.992. The third kappa shape index (κ3) is 4.47. The number of carbonyl (C=O) groups is 3. The molecule has 7 heteroatoms. The first-order valence-electron chi connectivity index (χ1n) is 8.51. The molecule has 1 aliphatic heterocycles. The van der Waals surface area contributed by atoms with Gasteiger partial charge in [0.2, 0.25) is 0 Å². The number of amides is 1. The number of benzene rings is 2. The Morgan fingerprint density at radius 1 is 1.15 bits per heavy atom. The van der Waals surface area contributed by atoms with Gasteiger partial charge in [-0.3, -0.25) is 9.69 Å². The van der Waals surface area contributed by atoms with Crippen LogP contribution in [0.2, 0.25) is 0 Å². The van der Waals surface area contributed by atoms with Crippen molar-refractivity contribution < 1.29 is 24.2 Å². The molecule has 1 heterocycles. The van der Waals surface area contributed by atoms with Gasteiger partial charge < -0.3 is 9.84 Å². The highest BCUT2D eigenvalue weighted by Crippen LogP contribution is 2.26. The number of carbonyl (C=O) groups excluding carboxylic acids is 2. The van der Waals surface area contributed by atoms with Crippen LogP contribution in [-0.2, 0) is 9.53 Å². The second kappa shape index (κ2) is 8.51. The summed E-state index contributed by atoms with van der Waals surface area (Å²) in [7, 11) is 0. The van der Waals surface area contributed by atoms with Crippen molar-refractivity contribution in [1.82, 2.24) is 4.90 Å². The van der Waals surface area contributed by atoms with Gasteiger partial charge in [0.05, 0.1) is 0 Å². The molecule has 1 N–H and O–H groups in total. The first-order chi connectivity index (χ1) is 13.0. The Bertz CT molecular complexity index is 868. The number of hydrogen-bond acceptors (Lipinski definition) is 4. The minimum atomic E-state index is -1.15. The molecule has 0 spiro atoms. The summed E-state index contributed by atoms with van der Waals surface area (Å²) in [6.45, 7) is -0.0990.